The molecule has 0 radical (unpaired) electrons. The molecular formula is C27H23Cl2F7N8O2. The Morgan fingerprint density at radius 2 is 1.61 bits per heavy atom. The first-order valence-corrected chi connectivity index (χ1v) is 13.7. The summed E-state index contributed by atoms with van der Waals surface area (Å²) in [5.74, 6) is -1.50. The number of hydrogen-bond donors (Lipinski definition) is 2. The molecule has 0 atom stereocenters. The van der Waals surface area contributed by atoms with Crippen LogP contribution in [0.25, 0.3) is 5.82 Å². The molecule has 0 aliphatic rings. The van der Waals surface area contributed by atoms with Crippen LogP contribution in [0.15, 0.2) is 42.7 Å². The third kappa shape index (κ3) is 6.94. The predicted molar refractivity (Wildman–Crippen MR) is 152 cm³/mol. The standard InChI is InChI=1S/C27H23Cl2F7N8O2/c1-13-8-14(28)9-16(22(45)39-24(2,3)4)20(13)38-23(46)18-10-15(41-44(18)21-17(29)6-5-7-37-21)11-43-12-19(40-42-43)25(30,26(31,32)33)27(34,35)36/h5-10,12H,11H2,1-4H3,(H,38,46)(H,39,45). The summed E-state index contributed by atoms with van der Waals surface area (Å²) in [6, 6.07) is 6.87. The number of carbonyl (C=O) groups excluding carboxylic acids is 2. The van der Waals surface area contributed by atoms with Crippen molar-refractivity contribution in [2.24, 2.45) is 0 Å². The van der Waals surface area contributed by atoms with E-state index in [0.29, 0.717) is 10.2 Å². The van der Waals surface area contributed by atoms with Crippen LogP contribution in [0.1, 0.15) is 58.6 Å². The van der Waals surface area contributed by atoms with Crippen LogP contribution in [0.2, 0.25) is 10.0 Å². The second-order valence-corrected chi connectivity index (χ2v) is 11.8. The van der Waals surface area contributed by atoms with Crippen LogP contribution in [-0.4, -0.2) is 59.5 Å². The second-order valence-electron chi connectivity index (χ2n) is 11.0. The second kappa shape index (κ2) is 12.2. The number of benzene rings is 1. The molecule has 2 amide bonds. The Hall–Kier alpha value is -4.25. The van der Waals surface area contributed by atoms with Crippen LogP contribution < -0.4 is 10.6 Å². The van der Waals surface area contributed by atoms with Crippen molar-refractivity contribution in [2.45, 2.75) is 57.8 Å². The highest BCUT2D eigenvalue weighted by atomic mass is 35.5. The largest absolute Gasteiger partial charge is 0.437 e. The number of pyridine rings is 1. The maximum Gasteiger partial charge on any atom is 0.437 e. The molecule has 0 saturated carbocycles. The fraction of sp³-hybridized carbons (Fsp3) is 0.333. The number of nitrogens with one attached hydrogen (secondary N) is 2. The highest BCUT2D eigenvalue weighted by molar-refractivity contribution is 6.32. The fourth-order valence-electron chi connectivity index (χ4n) is 4.19. The van der Waals surface area contributed by atoms with E-state index in [1.54, 1.807) is 27.7 Å². The molecule has 0 unspecified atom stereocenters. The molecule has 0 aliphatic carbocycles. The number of hydrogen-bond acceptors (Lipinski definition) is 6. The number of anilines is 1. The van der Waals surface area contributed by atoms with Crippen molar-refractivity contribution in [3.05, 3.63) is 81.0 Å². The number of nitrogens with zero attached hydrogens (tertiary/aromatic N) is 6. The van der Waals surface area contributed by atoms with Crippen LogP contribution in [-0.2, 0) is 12.2 Å². The zero-order valence-corrected chi connectivity index (χ0v) is 25.7. The summed E-state index contributed by atoms with van der Waals surface area (Å²) in [7, 11) is 0. The van der Waals surface area contributed by atoms with Crippen LogP contribution >= 0.6 is 23.2 Å². The lowest BCUT2D eigenvalue weighted by Crippen LogP contribution is -2.50. The molecule has 3 aromatic heterocycles. The highest BCUT2D eigenvalue weighted by Crippen LogP contribution is 2.52. The topological polar surface area (TPSA) is 120 Å². The average molecular weight is 695 g/mol. The Kier molecular flexibility index (Phi) is 9.16. The molecule has 0 fully saturated rings. The minimum absolute atomic E-state index is 0.0136. The minimum atomic E-state index is -6.39. The van der Waals surface area contributed by atoms with E-state index < -0.39 is 47.6 Å². The van der Waals surface area contributed by atoms with Gasteiger partial charge in [-0.3, -0.25) is 9.59 Å². The smallest absolute Gasteiger partial charge is 0.347 e. The molecule has 0 saturated heterocycles. The monoisotopic (exact) mass is 694 g/mol. The van der Waals surface area contributed by atoms with Gasteiger partial charge in [0.15, 0.2) is 5.82 Å². The van der Waals surface area contributed by atoms with Gasteiger partial charge in [-0.05, 0) is 63.6 Å². The minimum Gasteiger partial charge on any atom is -0.347 e. The van der Waals surface area contributed by atoms with Crippen LogP contribution in [0.5, 0.6) is 0 Å². The van der Waals surface area contributed by atoms with E-state index in [1.165, 1.54) is 30.5 Å². The Bertz CT molecular complexity index is 1780. The van der Waals surface area contributed by atoms with Gasteiger partial charge >= 0.3 is 18.0 Å². The summed E-state index contributed by atoms with van der Waals surface area (Å²) in [6.07, 6.45) is -11.3. The first kappa shape index (κ1) is 34.6. The molecule has 0 aliphatic heterocycles. The molecule has 4 aromatic rings. The zero-order valence-electron chi connectivity index (χ0n) is 24.2. The summed E-state index contributed by atoms with van der Waals surface area (Å²) in [6.45, 7) is 6.16. The summed E-state index contributed by atoms with van der Waals surface area (Å²) < 4.78 is 95.1. The van der Waals surface area contributed by atoms with Gasteiger partial charge < -0.3 is 10.6 Å². The van der Waals surface area contributed by atoms with Gasteiger partial charge in [-0.2, -0.15) is 31.4 Å². The van der Waals surface area contributed by atoms with E-state index in [0.717, 1.165) is 10.7 Å². The van der Waals surface area contributed by atoms with Gasteiger partial charge in [0.1, 0.15) is 11.4 Å². The Morgan fingerprint density at radius 3 is 2.20 bits per heavy atom. The first-order valence-electron chi connectivity index (χ1n) is 13.0. The maximum atomic E-state index is 14.5. The van der Waals surface area contributed by atoms with E-state index in [2.05, 4.69) is 31.0 Å². The molecule has 2 N–H and O–H groups in total. The first-order chi connectivity index (χ1) is 21.1. The SMILES string of the molecule is Cc1cc(Cl)cc(C(=O)NC(C)(C)C)c1NC(=O)c1cc(Cn2cc(C(F)(C(F)(F)F)C(F)(F)F)nn2)nn1-c1ncccc1Cl. The van der Waals surface area contributed by atoms with Crippen molar-refractivity contribution in [3.8, 4) is 5.82 Å². The van der Waals surface area contributed by atoms with E-state index in [1.807, 2.05) is 0 Å². The van der Waals surface area contributed by atoms with Crippen molar-refractivity contribution >= 4 is 40.7 Å². The van der Waals surface area contributed by atoms with Gasteiger partial charge in [0, 0.05) is 16.8 Å². The Balaban J connectivity index is 1.76. The number of halogens is 9. The summed E-state index contributed by atoms with van der Waals surface area (Å²) in [5, 5.41) is 15.8. The number of aromatic nitrogens is 6. The summed E-state index contributed by atoms with van der Waals surface area (Å²) in [5.41, 5.74) is -8.40. The highest BCUT2D eigenvalue weighted by Gasteiger charge is 2.75. The molecule has 0 bridgehead atoms. The molecule has 46 heavy (non-hydrogen) atoms. The van der Waals surface area contributed by atoms with Crippen LogP contribution in [0.3, 0.4) is 0 Å². The van der Waals surface area contributed by atoms with Gasteiger partial charge in [0.05, 0.1) is 34.7 Å². The normalized spacial score (nSPS) is 12.7. The molecule has 1 aromatic carbocycles. The molecular weight excluding hydrogens is 672 g/mol. The summed E-state index contributed by atoms with van der Waals surface area (Å²) >= 11 is 12.5. The van der Waals surface area contributed by atoms with Gasteiger partial charge in [-0.25, -0.2) is 18.7 Å². The van der Waals surface area contributed by atoms with Gasteiger partial charge in [0.25, 0.3) is 11.8 Å². The van der Waals surface area contributed by atoms with Crippen LogP contribution in [0.4, 0.5) is 36.4 Å². The van der Waals surface area contributed by atoms with E-state index >= 15 is 0 Å². The number of rotatable bonds is 7. The lowest BCUT2D eigenvalue weighted by molar-refractivity contribution is -0.350. The molecule has 246 valence electrons. The lowest BCUT2D eigenvalue weighted by atomic mass is 10.0. The molecule has 10 nitrogen and oxygen atoms in total. The van der Waals surface area contributed by atoms with Crippen LogP contribution in [0, 0.1) is 6.92 Å². The molecule has 4 rings (SSSR count). The fourth-order valence-corrected chi connectivity index (χ4v) is 4.66. The van der Waals surface area contributed by atoms with Gasteiger partial charge in [-0.1, -0.05) is 28.4 Å². The quantitative estimate of drug-likeness (QED) is 0.211. The van der Waals surface area contributed by atoms with Crippen molar-refractivity contribution in [2.75, 3.05) is 5.32 Å². The predicted octanol–water partition coefficient (Wildman–Crippen LogP) is 6.59. The van der Waals surface area contributed by atoms with E-state index in [-0.39, 0.29) is 44.7 Å². The number of amides is 2. The molecule has 3 heterocycles. The Labute approximate surface area is 265 Å². The zero-order chi connectivity index (χ0) is 34.4. The van der Waals surface area contributed by atoms with Crippen molar-refractivity contribution < 1.29 is 40.3 Å². The van der Waals surface area contributed by atoms with Crippen molar-refractivity contribution in [1.29, 1.82) is 0 Å². The lowest BCUT2D eigenvalue weighted by Gasteiger charge is -2.27. The van der Waals surface area contributed by atoms with Gasteiger partial charge in [0.2, 0.25) is 0 Å². The van der Waals surface area contributed by atoms with Crippen molar-refractivity contribution in [1.82, 2.24) is 35.1 Å². The number of alkyl halides is 7. The average Bonchev–Trinajstić information content (AvgIpc) is 3.55. The summed E-state index contributed by atoms with van der Waals surface area (Å²) in [4.78, 5) is 30.9. The number of carbonyl (C=O) groups is 2. The molecule has 19 heteroatoms. The maximum absolute atomic E-state index is 14.5. The van der Waals surface area contributed by atoms with E-state index in [9.17, 15) is 40.3 Å². The van der Waals surface area contributed by atoms with Gasteiger partial charge in [-0.15, -0.1) is 5.10 Å². The third-order valence-electron chi connectivity index (χ3n) is 6.20. The van der Waals surface area contributed by atoms with E-state index in [4.69, 9.17) is 23.2 Å². The Morgan fingerprint density at radius 1 is 0.957 bits per heavy atom. The number of aryl methyl sites for hydroxylation is 1. The third-order valence-corrected chi connectivity index (χ3v) is 6.71. The molecule has 0 spiro atoms. The van der Waals surface area contributed by atoms with Crippen molar-refractivity contribution in [3.63, 3.8) is 0 Å².